The first-order valence-electron chi connectivity index (χ1n) is 6.76. The lowest BCUT2D eigenvalue weighted by molar-refractivity contribution is 0.161. The number of piperazine rings is 1. The normalized spacial score (nSPS) is 16.7. The molecule has 7 heteroatoms. The molecule has 2 rings (SSSR count). The van der Waals surface area contributed by atoms with Crippen LogP contribution in [0.1, 0.15) is 31.4 Å². The minimum Gasteiger partial charge on any atom is -0.505 e. The maximum atomic E-state index is 13.8. The second kappa shape index (κ2) is 9.85. The van der Waals surface area contributed by atoms with E-state index in [-0.39, 0.29) is 36.6 Å². The molecule has 21 heavy (non-hydrogen) atoms. The maximum Gasteiger partial charge on any atom is 0.179 e. The molecule has 2 N–H and O–H groups in total. The van der Waals surface area contributed by atoms with Gasteiger partial charge in [0.1, 0.15) is 0 Å². The summed E-state index contributed by atoms with van der Waals surface area (Å²) in [5.41, 5.74) is 0.699. The van der Waals surface area contributed by atoms with Crippen LogP contribution in [0.5, 0.6) is 5.75 Å². The number of phenols is 1. The van der Waals surface area contributed by atoms with Crippen molar-refractivity contribution in [2.75, 3.05) is 26.2 Å². The molecule has 1 aromatic rings. The largest absolute Gasteiger partial charge is 0.505 e. The van der Waals surface area contributed by atoms with Gasteiger partial charge >= 0.3 is 0 Å². The minimum atomic E-state index is -0.561. The SMILES string of the molecule is CCC[C@@H](c1ccc(Br)c(F)c1O)N1CCNCC1.Cl.Cl. The third-order valence-electron chi connectivity index (χ3n) is 3.61. The summed E-state index contributed by atoms with van der Waals surface area (Å²) in [6.07, 6.45) is 1.93. The van der Waals surface area contributed by atoms with Crippen molar-refractivity contribution >= 4 is 40.7 Å². The Morgan fingerprint density at radius 1 is 1.33 bits per heavy atom. The molecule has 1 aliphatic heterocycles. The summed E-state index contributed by atoms with van der Waals surface area (Å²) in [5, 5.41) is 13.4. The van der Waals surface area contributed by atoms with Crippen molar-refractivity contribution in [2.24, 2.45) is 0 Å². The summed E-state index contributed by atoms with van der Waals surface area (Å²) in [6, 6.07) is 3.59. The van der Waals surface area contributed by atoms with Crippen LogP contribution in [0.15, 0.2) is 16.6 Å². The van der Waals surface area contributed by atoms with Crippen LogP contribution in [0, 0.1) is 5.82 Å². The molecule has 0 saturated carbocycles. The van der Waals surface area contributed by atoms with Gasteiger partial charge in [-0.2, -0.15) is 0 Å². The first kappa shape index (κ1) is 20.9. The highest BCUT2D eigenvalue weighted by Gasteiger charge is 2.25. The summed E-state index contributed by atoms with van der Waals surface area (Å²) in [4.78, 5) is 2.32. The van der Waals surface area contributed by atoms with E-state index >= 15 is 0 Å². The van der Waals surface area contributed by atoms with E-state index in [0.717, 1.165) is 39.0 Å². The lowest BCUT2D eigenvalue weighted by atomic mass is 9.98. The quantitative estimate of drug-likeness (QED) is 0.800. The van der Waals surface area contributed by atoms with Crippen LogP contribution in [-0.2, 0) is 0 Å². The molecule has 1 saturated heterocycles. The zero-order valence-corrected chi connectivity index (χ0v) is 15.2. The molecule has 1 heterocycles. The van der Waals surface area contributed by atoms with E-state index in [2.05, 4.69) is 33.1 Å². The predicted octanol–water partition coefficient (Wildman–Crippen LogP) is 3.88. The number of aromatic hydroxyl groups is 1. The number of halogens is 4. The number of hydrogen-bond acceptors (Lipinski definition) is 3. The average molecular weight is 404 g/mol. The van der Waals surface area contributed by atoms with Gasteiger partial charge in [0.15, 0.2) is 11.6 Å². The molecule has 122 valence electrons. The minimum absolute atomic E-state index is 0. The molecular formula is C14H22BrCl2FN2O. The Balaban J connectivity index is 0.00000200. The van der Waals surface area contributed by atoms with Gasteiger partial charge in [0.05, 0.1) is 4.47 Å². The molecular weight excluding hydrogens is 382 g/mol. The van der Waals surface area contributed by atoms with E-state index in [1.165, 1.54) is 0 Å². The first-order valence-corrected chi connectivity index (χ1v) is 7.56. The molecule has 1 aliphatic rings. The van der Waals surface area contributed by atoms with E-state index in [4.69, 9.17) is 0 Å². The fourth-order valence-corrected chi connectivity index (χ4v) is 2.95. The molecule has 0 aliphatic carbocycles. The van der Waals surface area contributed by atoms with E-state index in [1.54, 1.807) is 6.07 Å². The standard InChI is InChI=1S/C14H20BrFN2O.2ClH/c1-2-3-12(18-8-6-17-7-9-18)10-4-5-11(15)13(16)14(10)19;;/h4-5,12,17,19H,2-3,6-9H2,1H3;2*1H/t12-;;/m0../s1. The fraction of sp³-hybridized carbons (Fsp3) is 0.571. The number of phenolic OH excluding ortho intramolecular Hbond substituents is 1. The summed E-state index contributed by atoms with van der Waals surface area (Å²) < 4.78 is 14.1. The van der Waals surface area contributed by atoms with Gasteiger partial charge in [-0.05, 0) is 28.4 Å². The number of hydrogen-bond donors (Lipinski definition) is 2. The Kier molecular flexibility index (Phi) is 9.81. The van der Waals surface area contributed by atoms with E-state index in [9.17, 15) is 9.50 Å². The van der Waals surface area contributed by atoms with E-state index < -0.39 is 5.82 Å². The lowest BCUT2D eigenvalue weighted by Crippen LogP contribution is -2.45. The van der Waals surface area contributed by atoms with Gasteiger partial charge in [-0.1, -0.05) is 19.4 Å². The fourth-order valence-electron chi connectivity index (χ4n) is 2.63. The van der Waals surface area contributed by atoms with E-state index in [1.807, 2.05) is 6.07 Å². The summed E-state index contributed by atoms with van der Waals surface area (Å²) in [6.45, 7) is 5.87. The van der Waals surface area contributed by atoms with Gasteiger partial charge in [0, 0.05) is 37.8 Å². The van der Waals surface area contributed by atoms with Crippen LogP contribution in [0.3, 0.4) is 0 Å². The van der Waals surface area contributed by atoms with Crippen molar-refractivity contribution in [1.29, 1.82) is 0 Å². The molecule has 0 spiro atoms. The molecule has 0 unspecified atom stereocenters. The van der Waals surface area contributed by atoms with Crippen molar-refractivity contribution in [3.8, 4) is 5.75 Å². The predicted molar refractivity (Wildman–Crippen MR) is 92.4 cm³/mol. The molecule has 0 bridgehead atoms. The molecule has 0 radical (unpaired) electrons. The number of nitrogens with one attached hydrogen (secondary N) is 1. The second-order valence-corrected chi connectivity index (χ2v) is 5.74. The van der Waals surface area contributed by atoms with Gasteiger partial charge in [0.2, 0.25) is 0 Å². The van der Waals surface area contributed by atoms with Gasteiger partial charge in [-0.3, -0.25) is 4.90 Å². The Morgan fingerprint density at radius 2 is 1.95 bits per heavy atom. The zero-order valence-electron chi connectivity index (χ0n) is 11.9. The number of rotatable bonds is 4. The lowest BCUT2D eigenvalue weighted by Gasteiger charge is -2.35. The first-order chi connectivity index (χ1) is 9.15. The molecule has 0 aromatic heterocycles. The van der Waals surface area contributed by atoms with Crippen molar-refractivity contribution in [3.05, 3.63) is 28.0 Å². The van der Waals surface area contributed by atoms with Crippen LogP contribution in [-0.4, -0.2) is 36.2 Å². The van der Waals surface area contributed by atoms with Crippen LogP contribution < -0.4 is 5.32 Å². The molecule has 1 fully saturated rings. The third-order valence-corrected chi connectivity index (χ3v) is 4.23. The smallest absolute Gasteiger partial charge is 0.179 e. The molecule has 0 amide bonds. The Morgan fingerprint density at radius 3 is 2.52 bits per heavy atom. The number of benzene rings is 1. The molecule has 1 atom stereocenters. The zero-order chi connectivity index (χ0) is 13.8. The second-order valence-electron chi connectivity index (χ2n) is 4.89. The van der Waals surface area contributed by atoms with Gasteiger partial charge in [-0.15, -0.1) is 24.8 Å². The van der Waals surface area contributed by atoms with Crippen LogP contribution >= 0.6 is 40.7 Å². The van der Waals surface area contributed by atoms with Gasteiger partial charge in [0.25, 0.3) is 0 Å². The van der Waals surface area contributed by atoms with Crippen molar-refractivity contribution in [1.82, 2.24) is 10.2 Å². The Labute approximate surface area is 146 Å². The Bertz CT molecular complexity index is 445. The summed E-state index contributed by atoms with van der Waals surface area (Å²) in [7, 11) is 0. The topological polar surface area (TPSA) is 35.5 Å². The van der Waals surface area contributed by atoms with Gasteiger partial charge in [-0.25, -0.2) is 4.39 Å². The van der Waals surface area contributed by atoms with Crippen molar-refractivity contribution in [3.63, 3.8) is 0 Å². The number of nitrogens with zero attached hydrogens (tertiary/aromatic N) is 1. The average Bonchev–Trinajstić information content (AvgIpc) is 2.44. The molecule has 3 nitrogen and oxygen atoms in total. The van der Waals surface area contributed by atoms with Crippen molar-refractivity contribution in [2.45, 2.75) is 25.8 Å². The summed E-state index contributed by atoms with van der Waals surface area (Å²) >= 11 is 3.11. The Hall–Kier alpha value is -0.0700. The highest BCUT2D eigenvalue weighted by Crippen LogP contribution is 2.36. The van der Waals surface area contributed by atoms with Crippen LogP contribution in [0.2, 0.25) is 0 Å². The summed E-state index contributed by atoms with van der Waals surface area (Å²) in [5.74, 6) is -0.778. The highest BCUT2D eigenvalue weighted by atomic mass is 79.9. The third kappa shape index (κ3) is 4.96. The maximum absolute atomic E-state index is 13.8. The van der Waals surface area contributed by atoms with E-state index in [0.29, 0.717) is 10.0 Å². The highest BCUT2D eigenvalue weighted by molar-refractivity contribution is 9.10. The monoisotopic (exact) mass is 402 g/mol. The van der Waals surface area contributed by atoms with Gasteiger partial charge < -0.3 is 10.4 Å². The van der Waals surface area contributed by atoms with Crippen LogP contribution in [0.25, 0.3) is 0 Å². The molecule has 1 aromatic carbocycles. The van der Waals surface area contributed by atoms with Crippen LogP contribution in [0.4, 0.5) is 4.39 Å². The van der Waals surface area contributed by atoms with Crippen molar-refractivity contribution < 1.29 is 9.50 Å².